The summed E-state index contributed by atoms with van der Waals surface area (Å²) in [5.74, 6) is 0.305. The smallest absolute Gasteiger partial charge is 0.140 e. The van der Waals surface area contributed by atoms with Gasteiger partial charge in [0.2, 0.25) is 0 Å². The van der Waals surface area contributed by atoms with E-state index in [1.165, 1.54) is 18.0 Å². The monoisotopic (exact) mass is 322 g/mol. The van der Waals surface area contributed by atoms with Crippen LogP contribution in [0, 0.1) is 5.82 Å². The predicted octanol–water partition coefficient (Wildman–Crippen LogP) is 3.46. The van der Waals surface area contributed by atoms with Crippen molar-refractivity contribution in [2.75, 3.05) is 18.4 Å². The zero-order valence-corrected chi connectivity index (χ0v) is 13.3. The summed E-state index contributed by atoms with van der Waals surface area (Å²) in [5.41, 5.74) is 1.95. The Hall–Kier alpha value is -2.53. The Kier molecular flexibility index (Phi) is 4.09. The van der Waals surface area contributed by atoms with Crippen LogP contribution in [0.3, 0.4) is 0 Å². The summed E-state index contributed by atoms with van der Waals surface area (Å²) < 4.78 is 14.2. The first-order chi connectivity index (χ1) is 11.8. The lowest BCUT2D eigenvalue weighted by Crippen LogP contribution is -2.26. The highest BCUT2D eigenvalue weighted by atomic mass is 19.1. The van der Waals surface area contributed by atoms with Crippen LogP contribution in [0.4, 0.5) is 10.2 Å². The van der Waals surface area contributed by atoms with Gasteiger partial charge in [0.05, 0.1) is 10.9 Å². The number of benzene rings is 2. The summed E-state index contributed by atoms with van der Waals surface area (Å²) in [4.78, 5) is 10.8. The van der Waals surface area contributed by atoms with Crippen molar-refractivity contribution >= 4 is 16.7 Å². The number of rotatable bonds is 4. The van der Waals surface area contributed by atoms with Gasteiger partial charge in [-0.05, 0) is 24.1 Å². The largest absolute Gasteiger partial charge is 0.365 e. The Bertz CT molecular complexity index is 832. The molecule has 4 rings (SSSR count). The molecule has 1 saturated heterocycles. The van der Waals surface area contributed by atoms with Crippen LogP contribution in [-0.4, -0.2) is 34.0 Å². The number of aromatic nitrogens is 2. The normalized spacial score (nSPS) is 18.1. The summed E-state index contributed by atoms with van der Waals surface area (Å²) in [6, 6.07) is 15.7. The fourth-order valence-corrected chi connectivity index (χ4v) is 3.31. The third-order valence-electron chi connectivity index (χ3n) is 4.47. The summed E-state index contributed by atoms with van der Waals surface area (Å²) in [6.45, 7) is 2.89. The van der Waals surface area contributed by atoms with E-state index in [-0.39, 0.29) is 11.9 Å². The minimum absolute atomic E-state index is 0.270. The van der Waals surface area contributed by atoms with Gasteiger partial charge in [-0.25, -0.2) is 14.4 Å². The van der Waals surface area contributed by atoms with Gasteiger partial charge in [0.15, 0.2) is 0 Å². The van der Waals surface area contributed by atoms with E-state index in [1.807, 2.05) is 12.1 Å². The van der Waals surface area contributed by atoms with E-state index >= 15 is 0 Å². The van der Waals surface area contributed by atoms with Gasteiger partial charge in [-0.1, -0.05) is 36.4 Å². The van der Waals surface area contributed by atoms with Crippen molar-refractivity contribution in [3.8, 4) is 0 Å². The van der Waals surface area contributed by atoms with E-state index < -0.39 is 0 Å². The third-order valence-corrected chi connectivity index (χ3v) is 4.47. The predicted molar refractivity (Wildman–Crippen MR) is 93.2 cm³/mol. The van der Waals surface area contributed by atoms with Crippen molar-refractivity contribution < 1.29 is 4.39 Å². The number of likely N-dealkylation sites (tertiary alicyclic amines) is 1. The third kappa shape index (κ3) is 3.08. The Morgan fingerprint density at radius 1 is 1.08 bits per heavy atom. The number of hydrogen-bond acceptors (Lipinski definition) is 4. The quantitative estimate of drug-likeness (QED) is 0.799. The van der Waals surface area contributed by atoms with Crippen LogP contribution in [0.1, 0.15) is 12.0 Å². The molecule has 5 heteroatoms. The lowest BCUT2D eigenvalue weighted by atomic mass is 10.2. The van der Waals surface area contributed by atoms with Gasteiger partial charge < -0.3 is 5.32 Å². The lowest BCUT2D eigenvalue weighted by Gasteiger charge is -2.17. The van der Waals surface area contributed by atoms with Crippen LogP contribution in [0.5, 0.6) is 0 Å². The van der Waals surface area contributed by atoms with Gasteiger partial charge in [0.25, 0.3) is 0 Å². The SMILES string of the molecule is Fc1cccc2ncnc(N[C@H]3CCN(Cc4ccccc4)C3)c12. The topological polar surface area (TPSA) is 41.1 Å². The summed E-state index contributed by atoms with van der Waals surface area (Å²) in [7, 11) is 0. The highest BCUT2D eigenvalue weighted by Gasteiger charge is 2.23. The Labute approximate surface area is 140 Å². The molecule has 122 valence electrons. The molecule has 0 aliphatic carbocycles. The Morgan fingerprint density at radius 2 is 1.96 bits per heavy atom. The molecule has 2 aromatic carbocycles. The maximum atomic E-state index is 14.2. The minimum atomic E-state index is -0.283. The fourth-order valence-electron chi connectivity index (χ4n) is 3.31. The van der Waals surface area contributed by atoms with E-state index in [0.717, 1.165) is 26.1 Å². The zero-order valence-electron chi connectivity index (χ0n) is 13.3. The lowest BCUT2D eigenvalue weighted by molar-refractivity contribution is 0.328. The second-order valence-electron chi connectivity index (χ2n) is 6.21. The van der Waals surface area contributed by atoms with Crippen molar-refractivity contribution in [3.63, 3.8) is 0 Å². The van der Waals surface area contributed by atoms with Crippen molar-refractivity contribution in [3.05, 3.63) is 66.2 Å². The van der Waals surface area contributed by atoms with Gasteiger partial charge >= 0.3 is 0 Å². The zero-order chi connectivity index (χ0) is 16.4. The van der Waals surface area contributed by atoms with Gasteiger partial charge in [-0.3, -0.25) is 4.90 Å². The van der Waals surface area contributed by atoms with Crippen molar-refractivity contribution in [1.29, 1.82) is 0 Å². The summed E-state index contributed by atoms with van der Waals surface area (Å²) in [5, 5.41) is 3.88. The molecule has 1 aliphatic heterocycles. The van der Waals surface area contributed by atoms with Crippen LogP contribution in [0.2, 0.25) is 0 Å². The Morgan fingerprint density at radius 3 is 2.83 bits per heavy atom. The molecule has 0 amide bonds. The molecule has 1 atom stereocenters. The maximum absolute atomic E-state index is 14.2. The number of fused-ring (bicyclic) bond motifs is 1. The molecular formula is C19H19FN4. The van der Waals surface area contributed by atoms with Gasteiger partial charge in [0.1, 0.15) is 18.0 Å². The van der Waals surface area contributed by atoms with Crippen LogP contribution in [0.15, 0.2) is 54.9 Å². The molecule has 1 fully saturated rings. The second-order valence-corrected chi connectivity index (χ2v) is 6.21. The average molecular weight is 322 g/mol. The summed E-state index contributed by atoms with van der Waals surface area (Å²) in [6.07, 6.45) is 2.51. The molecule has 2 heterocycles. The highest BCUT2D eigenvalue weighted by Crippen LogP contribution is 2.24. The number of nitrogens with zero attached hydrogens (tertiary/aromatic N) is 3. The fraction of sp³-hybridized carbons (Fsp3) is 0.263. The highest BCUT2D eigenvalue weighted by molar-refractivity contribution is 5.89. The molecule has 1 aromatic heterocycles. The first-order valence-electron chi connectivity index (χ1n) is 8.21. The maximum Gasteiger partial charge on any atom is 0.140 e. The molecule has 1 N–H and O–H groups in total. The van der Waals surface area contributed by atoms with Crippen LogP contribution >= 0.6 is 0 Å². The molecule has 0 radical (unpaired) electrons. The number of nitrogens with one attached hydrogen (secondary N) is 1. The molecule has 1 aliphatic rings. The molecule has 0 spiro atoms. The first-order valence-corrected chi connectivity index (χ1v) is 8.21. The number of halogens is 1. The number of hydrogen-bond donors (Lipinski definition) is 1. The van der Waals surface area contributed by atoms with Crippen LogP contribution in [-0.2, 0) is 6.54 Å². The van der Waals surface area contributed by atoms with E-state index in [1.54, 1.807) is 6.07 Å². The molecule has 0 saturated carbocycles. The molecule has 0 unspecified atom stereocenters. The first kappa shape index (κ1) is 15.0. The van der Waals surface area contributed by atoms with Crippen LogP contribution in [0.25, 0.3) is 10.9 Å². The molecule has 4 nitrogen and oxygen atoms in total. The van der Waals surface area contributed by atoms with Crippen LogP contribution < -0.4 is 5.32 Å². The Balaban J connectivity index is 1.47. The van der Waals surface area contributed by atoms with Crippen molar-refractivity contribution in [2.24, 2.45) is 0 Å². The van der Waals surface area contributed by atoms with E-state index in [2.05, 4.69) is 44.5 Å². The molecule has 24 heavy (non-hydrogen) atoms. The van der Waals surface area contributed by atoms with E-state index in [9.17, 15) is 4.39 Å². The van der Waals surface area contributed by atoms with E-state index in [4.69, 9.17) is 0 Å². The molecular weight excluding hydrogens is 303 g/mol. The standard InChI is InChI=1S/C19H19FN4/c20-16-7-4-8-17-18(16)19(22-13-21-17)23-15-9-10-24(12-15)11-14-5-2-1-3-6-14/h1-8,13,15H,9-12H2,(H,21,22,23)/t15-/m0/s1. The summed E-state index contributed by atoms with van der Waals surface area (Å²) >= 11 is 0. The number of anilines is 1. The van der Waals surface area contributed by atoms with E-state index in [0.29, 0.717) is 16.7 Å². The van der Waals surface area contributed by atoms with Crippen molar-refractivity contribution in [2.45, 2.75) is 19.0 Å². The van der Waals surface area contributed by atoms with Gasteiger partial charge in [-0.2, -0.15) is 0 Å². The van der Waals surface area contributed by atoms with Gasteiger partial charge in [0, 0.05) is 25.7 Å². The van der Waals surface area contributed by atoms with Gasteiger partial charge in [-0.15, -0.1) is 0 Å². The molecule has 0 bridgehead atoms. The van der Waals surface area contributed by atoms with Crippen molar-refractivity contribution in [1.82, 2.24) is 14.9 Å². The minimum Gasteiger partial charge on any atom is -0.365 e. The average Bonchev–Trinajstić information content (AvgIpc) is 3.03. The molecule has 3 aromatic rings. The second kappa shape index (κ2) is 6.53.